The molecule has 0 heterocycles. The molecule has 0 aliphatic heterocycles. The summed E-state index contributed by atoms with van der Waals surface area (Å²) in [4.78, 5) is 0. The molecule has 2 heteroatoms. The second-order valence-electron chi connectivity index (χ2n) is 3.05. The number of rotatable bonds is 5. The van der Waals surface area contributed by atoms with Gasteiger partial charge in [-0.05, 0) is 18.3 Å². The fourth-order valence-electron chi connectivity index (χ4n) is 0.974. The molecular weight excluding hydrogens is 146 g/mol. The number of hydrogen-bond donors (Lipinski definition) is 1. The number of hydrogen-bond acceptors (Lipinski definition) is 1. The van der Waals surface area contributed by atoms with E-state index < -0.39 is 0 Å². The van der Waals surface area contributed by atoms with E-state index >= 15 is 0 Å². The Bertz CT molecular complexity index is 118. The van der Waals surface area contributed by atoms with E-state index in [1.807, 2.05) is 6.08 Å². The fourth-order valence-corrected chi connectivity index (χ4v) is 1.34. The van der Waals surface area contributed by atoms with Crippen LogP contribution in [0.5, 0.6) is 0 Å². The topological polar surface area (TPSA) is 12.0 Å². The highest BCUT2D eigenvalue weighted by molar-refractivity contribution is 6.18. The Kier molecular flexibility index (Phi) is 2.75. The minimum Gasteiger partial charge on any atom is -0.313 e. The summed E-state index contributed by atoms with van der Waals surface area (Å²) in [6.45, 7) is 5.59. The van der Waals surface area contributed by atoms with Crippen LogP contribution in [-0.2, 0) is 0 Å². The van der Waals surface area contributed by atoms with E-state index in [9.17, 15) is 0 Å². The first kappa shape index (κ1) is 8.09. The van der Waals surface area contributed by atoms with Crippen LogP contribution in [0, 0.1) is 5.41 Å². The molecule has 0 atom stereocenters. The normalized spacial score (nSPS) is 20.5. The number of alkyl halides is 1. The van der Waals surface area contributed by atoms with Gasteiger partial charge in [0.25, 0.3) is 0 Å². The lowest BCUT2D eigenvalue weighted by Gasteiger charge is -2.10. The molecule has 1 aliphatic rings. The summed E-state index contributed by atoms with van der Waals surface area (Å²) in [5.74, 6) is 0.803. The predicted molar refractivity (Wildman–Crippen MR) is 45.5 cm³/mol. The molecule has 1 rings (SSSR count). The molecule has 0 aromatic heterocycles. The van der Waals surface area contributed by atoms with Crippen molar-refractivity contribution in [1.29, 1.82) is 0 Å². The van der Waals surface area contributed by atoms with E-state index in [-0.39, 0.29) is 0 Å². The lowest BCUT2D eigenvalue weighted by atomic mass is 10.1. The highest BCUT2D eigenvalue weighted by Gasteiger charge is 2.40. The highest BCUT2D eigenvalue weighted by Crippen LogP contribution is 2.45. The maximum atomic E-state index is 5.77. The third-order valence-electron chi connectivity index (χ3n) is 2.03. The average Bonchev–Trinajstić information content (AvgIpc) is 2.70. The zero-order valence-corrected chi connectivity index (χ0v) is 6.95. The van der Waals surface area contributed by atoms with Gasteiger partial charge in [-0.2, -0.15) is 0 Å². The second-order valence-corrected chi connectivity index (χ2v) is 3.32. The van der Waals surface area contributed by atoms with Gasteiger partial charge in [-0.1, -0.05) is 6.08 Å². The van der Waals surface area contributed by atoms with E-state index in [1.54, 1.807) is 0 Å². The summed E-state index contributed by atoms with van der Waals surface area (Å²) in [6, 6.07) is 0. The first-order valence-corrected chi connectivity index (χ1v) is 4.24. The zero-order valence-electron chi connectivity index (χ0n) is 6.20. The van der Waals surface area contributed by atoms with Crippen molar-refractivity contribution in [1.82, 2.24) is 5.32 Å². The zero-order chi connectivity index (χ0) is 7.45. The van der Waals surface area contributed by atoms with E-state index in [1.165, 1.54) is 12.8 Å². The van der Waals surface area contributed by atoms with Crippen LogP contribution in [0.15, 0.2) is 12.7 Å². The maximum absolute atomic E-state index is 5.77. The van der Waals surface area contributed by atoms with Crippen molar-refractivity contribution in [2.75, 3.05) is 19.0 Å². The molecular formula is C8H14ClN. The summed E-state index contributed by atoms with van der Waals surface area (Å²) in [7, 11) is 0. The molecule has 0 bridgehead atoms. The summed E-state index contributed by atoms with van der Waals surface area (Å²) in [5.41, 5.74) is 0.449. The van der Waals surface area contributed by atoms with Crippen LogP contribution in [0.2, 0.25) is 0 Å². The number of halogens is 1. The molecule has 58 valence electrons. The van der Waals surface area contributed by atoms with Gasteiger partial charge in [-0.25, -0.2) is 0 Å². The van der Waals surface area contributed by atoms with Crippen molar-refractivity contribution in [2.24, 2.45) is 5.41 Å². The quantitative estimate of drug-likeness (QED) is 0.367. The Morgan fingerprint density at radius 3 is 2.70 bits per heavy atom. The smallest absolute Gasteiger partial charge is 0.0292 e. The standard InChI is InChI=1S/C8H14ClN/c1-2-5-10-7-8(6-9)3-4-8/h2,10H,1,3-7H2. The summed E-state index contributed by atoms with van der Waals surface area (Å²) < 4.78 is 0. The Morgan fingerprint density at radius 2 is 2.30 bits per heavy atom. The minimum atomic E-state index is 0.449. The Labute approximate surface area is 67.5 Å². The summed E-state index contributed by atoms with van der Waals surface area (Å²) >= 11 is 5.77. The fraction of sp³-hybridized carbons (Fsp3) is 0.750. The lowest BCUT2D eigenvalue weighted by molar-refractivity contribution is 0.524. The van der Waals surface area contributed by atoms with Gasteiger partial charge in [-0.15, -0.1) is 18.2 Å². The molecule has 1 saturated carbocycles. The molecule has 0 radical (unpaired) electrons. The van der Waals surface area contributed by atoms with Crippen LogP contribution in [0.4, 0.5) is 0 Å². The van der Waals surface area contributed by atoms with Crippen LogP contribution < -0.4 is 5.32 Å². The summed E-state index contributed by atoms with van der Waals surface area (Å²) in [5, 5.41) is 3.29. The predicted octanol–water partition coefficient (Wildman–Crippen LogP) is 1.78. The largest absolute Gasteiger partial charge is 0.313 e. The van der Waals surface area contributed by atoms with Crippen LogP contribution in [-0.4, -0.2) is 19.0 Å². The van der Waals surface area contributed by atoms with Crippen LogP contribution in [0.25, 0.3) is 0 Å². The monoisotopic (exact) mass is 159 g/mol. The molecule has 0 spiro atoms. The first-order chi connectivity index (χ1) is 4.83. The van der Waals surface area contributed by atoms with Gasteiger partial charge < -0.3 is 5.32 Å². The minimum absolute atomic E-state index is 0.449. The van der Waals surface area contributed by atoms with Crippen LogP contribution in [0.3, 0.4) is 0 Å². The lowest BCUT2D eigenvalue weighted by Crippen LogP contribution is -2.24. The average molecular weight is 160 g/mol. The molecule has 0 aromatic rings. The third kappa shape index (κ3) is 1.99. The van der Waals surface area contributed by atoms with Crippen molar-refractivity contribution in [3.8, 4) is 0 Å². The molecule has 0 unspecified atom stereocenters. The third-order valence-corrected chi connectivity index (χ3v) is 2.60. The molecule has 0 aromatic carbocycles. The second kappa shape index (κ2) is 3.40. The van der Waals surface area contributed by atoms with E-state index in [0.717, 1.165) is 19.0 Å². The van der Waals surface area contributed by atoms with Crippen molar-refractivity contribution in [3.63, 3.8) is 0 Å². The van der Waals surface area contributed by atoms with Crippen molar-refractivity contribution >= 4 is 11.6 Å². The van der Waals surface area contributed by atoms with Crippen molar-refractivity contribution in [3.05, 3.63) is 12.7 Å². The van der Waals surface area contributed by atoms with Gasteiger partial charge in [0.2, 0.25) is 0 Å². The number of nitrogens with one attached hydrogen (secondary N) is 1. The first-order valence-electron chi connectivity index (χ1n) is 3.71. The molecule has 1 aliphatic carbocycles. The van der Waals surface area contributed by atoms with Gasteiger partial charge in [0.15, 0.2) is 0 Å². The molecule has 1 fully saturated rings. The molecule has 1 nitrogen and oxygen atoms in total. The van der Waals surface area contributed by atoms with Crippen LogP contribution in [0.1, 0.15) is 12.8 Å². The highest BCUT2D eigenvalue weighted by atomic mass is 35.5. The molecule has 10 heavy (non-hydrogen) atoms. The van der Waals surface area contributed by atoms with Crippen molar-refractivity contribution in [2.45, 2.75) is 12.8 Å². The van der Waals surface area contributed by atoms with E-state index in [0.29, 0.717) is 5.41 Å². The van der Waals surface area contributed by atoms with Gasteiger partial charge in [0.1, 0.15) is 0 Å². The van der Waals surface area contributed by atoms with Gasteiger partial charge >= 0.3 is 0 Å². The Hall–Kier alpha value is -0.0100. The molecule has 0 saturated heterocycles. The van der Waals surface area contributed by atoms with Gasteiger partial charge in [0.05, 0.1) is 0 Å². The van der Waals surface area contributed by atoms with Crippen molar-refractivity contribution < 1.29 is 0 Å². The van der Waals surface area contributed by atoms with E-state index in [2.05, 4.69) is 11.9 Å². The Morgan fingerprint density at radius 1 is 1.60 bits per heavy atom. The molecule has 0 amide bonds. The SMILES string of the molecule is C=CCNCC1(CCl)CC1. The van der Waals surface area contributed by atoms with Gasteiger partial charge in [-0.3, -0.25) is 0 Å². The summed E-state index contributed by atoms with van der Waals surface area (Å²) in [6.07, 6.45) is 4.46. The maximum Gasteiger partial charge on any atom is 0.0292 e. The van der Waals surface area contributed by atoms with Gasteiger partial charge in [0, 0.05) is 19.0 Å². The Balaban J connectivity index is 2.06. The molecule has 1 N–H and O–H groups in total. The van der Waals surface area contributed by atoms with Crippen LogP contribution >= 0.6 is 11.6 Å². The van der Waals surface area contributed by atoms with E-state index in [4.69, 9.17) is 11.6 Å².